The van der Waals surface area contributed by atoms with Crippen molar-refractivity contribution < 1.29 is 13.3 Å². The maximum Gasteiger partial charge on any atom is 0.269 e. The average Bonchev–Trinajstić information content (AvgIpc) is 2.89. The summed E-state index contributed by atoms with van der Waals surface area (Å²) in [6.07, 6.45) is 5.73. The first-order valence-electron chi connectivity index (χ1n) is 6.34. The lowest BCUT2D eigenvalue weighted by Gasteiger charge is -2.12. The van der Waals surface area contributed by atoms with Gasteiger partial charge in [-0.2, -0.15) is 0 Å². The lowest BCUT2D eigenvalue weighted by atomic mass is 10.1. The molecule has 0 atom stereocenters. The second-order valence-corrected chi connectivity index (χ2v) is 6.62. The average molecular weight is 296 g/mol. The molecule has 0 unspecified atom stereocenters. The van der Waals surface area contributed by atoms with Crippen LogP contribution in [-0.4, -0.2) is 25.1 Å². The number of rotatable bonds is 6. The summed E-state index contributed by atoms with van der Waals surface area (Å²) >= 11 is 0. The number of aryl methyl sites for hydroxylation is 1. The minimum absolute atomic E-state index is 0.00626. The first-order chi connectivity index (χ1) is 9.46. The summed E-state index contributed by atoms with van der Waals surface area (Å²) in [4.78, 5) is 10.0. The Balaban J connectivity index is 1.88. The molecule has 0 saturated carbocycles. The monoisotopic (exact) mass is 296 g/mol. The lowest BCUT2D eigenvalue weighted by Crippen LogP contribution is -2.35. The smallest absolute Gasteiger partial charge is 0.258 e. The summed E-state index contributed by atoms with van der Waals surface area (Å²) < 4.78 is 26.4. The zero-order valence-corrected chi connectivity index (χ0v) is 11.7. The van der Waals surface area contributed by atoms with Crippen LogP contribution in [0.15, 0.2) is 36.4 Å². The molecule has 0 aromatic heterocycles. The van der Waals surface area contributed by atoms with Gasteiger partial charge in [-0.15, -0.1) is 0 Å². The van der Waals surface area contributed by atoms with E-state index >= 15 is 0 Å². The molecule has 0 radical (unpaired) electrons. The van der Waals surface area contributed by atoms with Gasteiger partial charge in [-0.05, 0) is 24.8 Å². The lowest BCUT2D eigenvalue weighted by molar-refractivity contribution is -0.384. The first-order valence-corrected chi connectivity index (χ1v) is 8.00. The van der Waals surface area contributed by atoms with E-state index in [1.807, 2.05) is 12.2 Å². The largest absolute Gasteiger partial charge is 0.269 e. The molecule has 6 nitrogen and oxygen atoms in total. The second kappa shape index (κ2) is 6.15. The van der Waals surface area contributed by atoms with Gasteiger partial charge < -0.3 is 0 Å². The molecular weight excluding hydrogens is 280 g/mol. The highest BCUT2D eigenvalue weighted by Crippen LogP contribution is 2.14. The highest BCUT2D eigenvalue weighted by atomic mass is 32.2. The van der Waals surface area contributed by atoms with Crippen LogP contribution in [0.2, 0.25) is 0 Å². The third-order valence-corrected chi connectivity index (χ3v) is 4.59. The topological polar surface area (TPSA) is 89.3 Å². The van der Waals surface area contributed by atoms with Crippen LogP contribution in [0.25, 0.3) is 0 Å². The highest BCUT2D eigenvalue weighted by Gasteiger charge is 2.18. The van der Waals surface area contributed by atoms with Crippen molar-refractivity contribution in [2.24, 2.45) is 0 Å². The number of benzene rings is 1. The summed E-state index contributed by atoms with van der Waals surface area (Å²) in [5, 5.41) is 10.5. The Morgan fingerprint density at radius 2 is 1.80 bits per heavy atom. The Kier molecular flexibility index (Phi) is 4.51. The highest BCUT2D eigenvalue weighted by molar-refractivity contribution is 7.89. The van der Waals surface area contributed by atoms with Crippen molar-refractivity contribution in [3.05, 3.63) is 52.1 Å². The van der Waals surface area contributed by atoms with Gasteiger partial charge in [0.25, 0.3) is 5.69 Å². The minimum Gasteiger partial charge on any atom is -0.258 e. The Morgan fingerprint density at radius 3 is 2.35 bits per heavy atom. The zero-order valence-electron chi connectivity index (χ0n) is 10.9. The quantitative estimate of drug-likeness (QED) is 0.492. The van der Waals surface area contributed by atoms with E-state index in [0.717, 1.165) is 18.4 Å². The van der Waals surface area contributed by atoms with Crippen LogP contribution >= 0.6 is 0 Å². The molecule has 0 aliphatic heterocycles. The summed E-state index contributed by atoms with van der Waals surface area (Å²) in [6, 6.07) is 5.92. The summed E-state index contributed by atoms with van der Waals surface area (Å²) in [7, 11) is -3.31. The molecule has 7 heteroatoms. The molecule has 108 valence electrons. The van der Waals surface area contributed by atoms with Crippen LogP contribution in [0.3, 0.4) is 0 Å². The van der Waals surface area contributed by atoms with Gasteiger partial charge in [-0.25, -0.2) is 13.1 Å². The van der Waals surface area contributed by atoms with Crippen molar-refractivity contribution in [1.29, 1.82) is 0 Å². The fraction of sp³-hybridized carbons (Fsp3) is 0.385. The molecule has 0 spiro atoms. The van der Waals surface area contributed by atoms with Gasteiger partial charge in [0.05, 0.1) is 10.7 Å². The number of nitro benzene ring substituents is 1. The van der Waals surface area contributed by atoms with E-state index < -0.39 is 14.9 Å². The van der Waals surface area contributed by atoms with E-state index in [-0.39, 0.29) is 17.5 Å². The molecule has 0 amide bonds. The van der Waals surface area contributed by atoms with Crippen LogP contribution in [0.1, 0.15) is 18.4 Å². The summed E-state index contributed by atoms with van der Waals surface area (Å²) in [5.74, 6) is -0.0126. The van der Waals surface area contributed by atoms with Gasteiger partial charge in [0.1, 0.15) is 0 Å². The van der Waals surface area contributed by atoms with Gasteiger partial charge in [-0.1, -0.05) is 24.3 Å². The SMILES string of the molecule is O=[N+]([O-])c1ccc(CCS(=O)(=O)NC2CC=CC2)cc1. The van der Waals surface area contributed by atoms with Gasteiger partial charge in [0.2, 0.25) is 10.0 Å². The predicted octanol–water partition coefficient (Wildman–Crippen LogP) is 1.78. The van der Waals surface area contributed by atoms with Gasteiger partial charge >= 0.3 is 0 Å². The molecule has 1 N–H and O–H groups in total. The Hall–Kier alpha value is -1.73. The summed E-state index contributed by atoms with van der Waals surface area (Å²) in [6.45, 7) is 0. The van der Waals surface area contributed by atoms with Crippen LogP contribution in [0.4, 0.5) is 5.69 Å². The van der Waals surface area contributed by atoms with Gasteiger partial charge in [0, 0.05) is 18.2 Å². The Bertz CT molecular complexity index is 600. The van der Waals surface area contributed by atoms with Crippen molar-refractivity contribution in [3.8, 4) is 0 Å². The molecule has 20 heavy (non-hydrogen) atoms. The van der Waals surface area contributed by atoms with E-state index in [4.69, 9.17) is 0 Å². The number of sulfonamides is 1. The van der Waals surface area contributed by atoms with Crippen molar-refractivity contribution in [2.75, 3.05) is 5.75 Å². The van der Waals surface area contributed by atoms with E-state index in [0.29, 0.717) is 6.42 Å². The molecule has 0 saturated heterocycles. The fourth-order valence-electron chi connectivity index (χ4n) is 2.06. The molecular formula is C13H16N2O4S. The number of nitro groups is 1. The van der Waals surface area contributed by atoms with Crippen molar-refractivity contribution in [1.82, 2.24) is 4.72 Å². The fourth-order valence-corrected chi connectivity index (χ4v) is 3.39. The maximum atomic E-state index is 11.9. The molecule has 0 heterocycles. The maximum absolute atomic E-state index is 11.9. The molecule has 2 rings (SSSR count). The Labute approximate surface area is 117 Å². The van der Waals surface area contributed by atoms with Crippen molar-refractivity contribution >= 4 is 15.7 Å². The van der Waals surface area contributed by atoms with Gasteiger partial charge in [-0.3, -0.25) is 10.1 Å². The van der Waals surface area contributed by atoms with E-state index in [9.17, 15) is 18.5 Å². The minimum atomic E-state index is -3.31. The molecule has 1 aliphatic rings. The Morgan fingerprint density at radius 1 is 1.20 bits per heavy atom. The second-order valence-electron chi connectivity index (χ2n) is 4.75. The zero-order chi connectivity index (χ0) is 14.6. The van der Waals surface area contributed by atoms with Crippen LogP contribution < -0.4 is 4.72 Å². The predicted molar refractivity (Wildman–Crippen MR) is 75.9 cm³/mol. The number of nitrogens with one attached hydrogen (secondary N) is 1. The van der Waals surface area contributed by atoms with Crippen LogP contribution in [0, 0.1) is 10.1 Å². The van der Waals surface area contributed by atoms with Crippen LogP contribution in [0.5, 0.6) is 0 Å². The number of hydrogen-bond acceptors (Lipinski definition) is 4. The van der Waals surface area contributed by atoms with Crippen LogP contribution in [-0.2, 0) is 16.4 Å². The third-order valence-electron chi connectivity index (χ3n) is 3.16. The number of hydrogen-bond donors (Lipinski definition) is 1. The summed E-state index contributed by atoms with van der Waals surface area (Å²) in [5.41, 5.74) is 0.775. The van der Waals surface area contributed by atoms with Gasteiger partial charge in [0.15, 0.2) is 0 Å². The standard InChI is InChI=1S/C13H16N2O4S/c16-15(17)13-7-5-11(6-8-13)9-10-20(18,19)14-12-3-1-2-4-12/h1-2,5-8,12,14H,3-4,9-10H2. The van der Waals surface area contributed by atoms with E-state index in [2.05, 4.69) is 4.72 Å². The van der Waals surface area contributed by atoms with E-state index in [1.54, 1.807) is 12.1 Å². The first kappa shape index (κ1) is 14.7. The third kappa shape index (κ3) is 4.14. The molecule has 0 bridgehead atoms. The molecule has 1 aromatic rings. The normalized spacial score (nSPS) is 15.6. The van der Waals surface area contributed by atoms with Crippen molar-refractivity contribution in [3.63, 3.8) is 0 Å². The van der Waals surface area contributed by atoms with Crippen molar-refractivity contribution in [2.45, 2.75) is 25.3 Å². The molecule has 1 aromatic carbocycles. The molecule has 0 fully saturated rings. The van der Waals surface area contributed by atoms with E-state index in [1.165, 1.54) is 12.1 Å². The number of non-ortho nitro benzene ring substituents is 1. The number of nitrogens with zero attached hydrogens (tertiary/aromatic N) is 1. The molecule has 1 aliphatic carbocycles.